The molecule has 0 amide bonds. The molecule has 0 spiro atoms. The molecule has 0 aliphatic carbocycles. The molecule has 1 N–H and O–H groups in total. The molecule has 0 saturated carbocycles. The maximum atomic E-state index is 11.2. The molecule has 5 nitrogen and oxygen atoms in total. The molecule has 2 rings (SSSR count). The lowest BCUT2D eigenvalue weighted by atomic mass is 10.1. The monoisotopic (exact) mass is 299 g/mol. The average Bonchev–Trinajstić information content (AvgIpc) is 2.88. The number of halogens is 1. The lowest BCUT2D eigenvalue weighted by molar-refractivity contribution is -0.142. The number of hydrogen-bond acceptors (Lipinski definition) is 4. The van der Waals surface area contributed by atoms with Gasteiger partial charge in [0.1, 0.15) is 6.04 Å². The molecular formula is C14H18ClNO4. The average molecular weight is 300 g/mol. The van der Waals surface area contributed by atoms with E-state index >= 15 is 0 Å². The summed E-state index contributed by atoms with van der Waals surface area (Å²) in [5.74, 6) is 0.384. The summed E-state index contributed by atoms with van der Waals surface area (Å²) in [7, 11) is 3.11. The number of carboxylic acids is 1. The van der Waals surface area contributed by atoms with Gasteiger partial charge >= 0.3 is 5.97 Å². The molecule has 1 aliphatic heterocycles. The minimum Gasteiger partial charge on any atom is -0.493 e. The highest BCUT2D eigenvalue weighted by atomic mass is 35.5. The number of nitrogens with zero attached hydrogens (tertiary/aromatic N) is 1. The van der Waals surface area contributed by atoms with Crippen LogP contribution in [0.1, 0.15) is 18.4 Å². The summed E-state index contributed by atoms with van der Waals surface area (Å²) in [4.78, 5) is 13.1. The fraction of sp³-hybridized carbons (Fsp3) is 0.500. The molecule has 0 aromatic heterocycles. The highest BCUT2D eigenvalue weighted by Crippen LogP contribution is 2.34. The van der Waals surface area contributed by atoms with Gasteiger partial charge in [0, 0.05) is 17.6 Å². The normalized spacial score (nSPS) is 19.1. The number of benzene rings is 1. The summed E-state index contributed by atoms with van der Waals surface area (Å²) in [6.07, 6.45) is 1.57. The van der Waals surface area contributed by atoms with Crippen LogP contribution in [0.2, 0.25) is 5.02 Å². The van der Waals surface area contributed by atoms with Crippen LogP contribution >= 0.6 is 11.6 Å². The molecule has 0 bridgehead atoms. The molecule has 1 aliphatic rings. The molecule has 110 valence electrons. The van der Waals surface area contributed by atoms with E-state index in [4.69, 9.17) is 21.1 Å². The second-order valence-corrected chi connectivity index (χ2v) is 5.17. The van der Waals surface area contributed by atoms with Gasteiger partial charge in [-0.2, -0.15) is 0 Å². The Labute approximate surface area is 123 Å². The summed E-state index contributed by atoms with van der Waals surface area (Å²) >= 11 is 6.23. The first kappa shape index (κ1) is 14.9. The van der Waals surface area contributed by atoms with Gasteiger partial charge in [0.05, 0.1) is 14.2 Å². The van der Waals surface area contributed by atoms with E-state index in [-0.39, 0.29) is 0 Å². The first-order chi connectivity index (χ1) is 9.56. The number of carbonyl (C=O) groups is 1. The quantitative estimate of drug-likeness (QED) is 0.905. The highest BCUT2D eigenvalue weighted by molar-refractivity contribution is 6.31. The minimum absolute atomic E-state index is 0.431. The number of hydrogen-bond donors (Lipinski definition) is 1. The Morgan fingerprint density at radius 3 is 2.65 bits per heavy atom. The van der Waals surface area contributed by atoms with Gasteiger partial charge in [-0.3, -0.25) is 9.69 Å². The standard InChI is InChI=1S/C14H18ClNO4/c1-19-12-6-9(10(15)7-13(12)20-2)8-16-5-3-4-11(16)14(17)18/h6-7,11H,3-5,8H2,1-2H3,(H,17,18)/t11-/m0/s1. The topological polar surface area (TPSA) is 59.0 Å². The number of ether oxygens (including phenoxy) is 2. The smallest absolute Gasteiger partial charge is 0.320 e. The van der Waals surface area contributed by atoms with E-state index < -0.39 is 12.0 Å². The number of carboxylic acid groups (broad SMARTS) is 1. The van der Waals surface area contributed by atoms with Crippen LogP contribution in [0.3, 0.4) is 0 Å². The van der Waals surface area contributed by atoms with Crippen molar-refractivity contribution < 1.29 is 19.4 Å². The van der Waals surface area contributed by atoms with Gasteiger partial charge in [-0.25, -0.2) is 0 Å². The third-order valence-corrected chi connectivity index (χ3v) is 3.93. The Bertz CT molecular complexity index is 506. The molecule has 1 fully saturated rings. The van der Waals surface area contributed by atoms with E-state index in [1.165, 1.54) is 0 Å². The lowest BCUT2D eigenvalue weighted by Gasteiger charge is -2.22. The molecule has 0 unspecified atom stereocenters. The third kappa shape index (κ3) is 2.99. The van der Waals surface area contributed by atoms with Crippen LogP contribution in [0.25, 0.3) is 0 Å². The van der Waals surface area contributed by atoms with Crippen molar-refractivity contribution in [2.45, 2.75) is 25.4 Å². The maximum absolute atomic E-state index is 11.2. The van der Waals surface area contributed by atoms with Crippen molar-refractivity contribution in [1.82, 2.24) is 4.90 Å². The van der Waals surface area contributed by atoms with Crippen molar-refractivity contribution >= 4 is 17.6 Å². The molecule has 1 aromatic carbocycles. The van der Waals surface area contributed by atoms with Crippen LogP contribution in [-0.2, 0) is 11.3 Å². The van der Waals surface area contributed by atoms with E-state index in [1.807, 2.05) is 4.90 Å². The number of rotatable bonds is 5. The van der Waals surface area contributed by atoms with Crippen molar-refractivity contribution in [3.63, 3.8) is 0 Å². The Morgan fingerprint density at radius 1 is 1.40 bits per heavy atom. The molecular weight excluding hydrogens is 282 g/mol. The molecule has 1 saturated heterocycles. The van der Waals surface area contributed by atoms with E-state index in [0.29, 0.717) is 29.5 Å². The predicted octanol–water partition coefficient (Wildman–Crippen LogP) is 2.41. The van der Waals surface area contributed by atoms with Gasteiger partial charge in [-0.15, -0.1) is 0 Å². The summed E-state index contributed by atoms with van der Waals surface area (Å²) in [6.45, 7) is 1.26. The van der Waals surface area contributed by atoms with Crippen LogP contribution in [0, 0.1) is 0 Å². The summed E-state index contributed by atoms with van der Waals surface area (Å²) in [6, 6.07) is 3.07. The second-order valence-electron chi connectivity index (χ2n) is 4.77. The van der Waals surface area contributed by atoms with Gasteiger partial charge in [-0.1, -0.05) is 11.6 Å². The molecule has 1 aromatic rings. The Morgan fingerprint density at radius 2 is 2.05 bits per heavy atom. The zero-order valence-electron chi connectivity index (χ0n) is 11.6. The first-order valence-corrected chi connectivity index (χ1v) is 6.82. The molecule has 20 heavy (non-hydrogen) atoms. The van der Waals surface area contributed by atoms with E-state index in [0.717, 1.165) is 18.5 Å². The summed E-state index contributed by atoms with van der Waals surface area (Å²) in [5.41, 5.74) is 0.845. The highest BCUT2D eigenvalue weighted by Gasteiger charge is 2.30. The fourth-order valence-corrected chi connectivity index (χ4v) is 2.74. The van der Waals surface area contributed by atoms with Crippen molar-refractivity contribution in [3.05, 3.63) is 22.7 Å². The lowest BCUT2D eigenvalue weighted by Crippen LogP contribution is -2.35. The number of aliphatic carboxylic acids is 1. The van der Waals surface area contributed by atoms with Crippen molar-refractivity contribution in [2.24, 2.45) is 0 Å². The Kier molecular flexibility index (Phi) is 4.73. The van der Waals surface area contributed by atoms with Crippen molar-refractivity contribution in [3.8, 4) is 11.5 Å². The predicted molar refractivity (Wildman–Crippen MR) is 75.6 cm³/mol. The van der Waals surface area contributed by atoms with Crippen LogP contribution in [0.4, 0.5) is 0 Å². The largest absolute Gasteiger partial charge is 0.493 e. The maximum Gasteiger partial charge on any atom is 0.320 e. The third-order valence-electron chi connectivity index (χ3n) is 3.57. The zero-order chi connectivity index (χ0) is 14.7. The first-order valence-electron chi connectivity index (χ1n) is 6.44. The van der Waals surface area contributed by atoms with Gasteiger partial charge in [-0.05, 0) is 31.0 Å². The molecule has 6 heteroatoms. The van der Waals surface area contributed by atoms with E-state index in [1.54, 1.807) is 26.4 Å². The molecule has 1 atom stereocenters. The molecule has 0 radical (unpaired) electrons. The zero-order valence-corrected chi connectivity index (χ0v) is 12.3. The van der Waals surface area contributed by atoms with Crippen LogP contribution in [0.15, 0.2) is 12.1 Å². The summed E-state index contributed by atoms with van der Waals surface area (Å²) in [5, 5.41) is 9.75. The van der Waals surface area contributed by atoms with E-state index in [2.05, 4.69) is 0 Å². The van der Waals surface area contributed by atoms with Crippen molar-refractivity contribution in [2.75, 3.05) is 20.8 Å². The number of methoxy groups -OCH3 is 2. The van der Waals surface area contributed by atoms with Gasteiger partial charge in [0.25, 0.3) is 0 Å². The number of likely N-dealkylation sites (tertiary alicyclic amines) is 1. The van der Waals surface area contributed by atoms with Gasteiger partial charge in [0.15, 0.2) is 11.5 Å². The van der Waals surface area contributed by atoms with Gasteiger partial charge in [0.2, 0.25) is 0 Å². The van der Waals surface area contributed by atoms with Crippen LogP contribution in [-0.4, -0.2) is 42.8 Å². The second kappa shape index (κ2) is 6.33. The van der Waals surface area contributed by atoms with Gasteiger partial charge < -0.3 is 14.6 Å². The SMILES string of the molecule is COc1cc(Cl)c(CN2CCC[C@H]2C(=O)O)cc1OC. The van der Waals surface area contributed by atoms with Crippen LogP contribution in [0.5, 0.6) is 11.5 Å². The Balaban J connectivity index is 2.23. The van der Waals surface area contributed by atoms with E-state index in [9.17, 15) is 9.90 Å². The minimum atomic E-state index is -0.779. The Hall–Kier alpha value is -1.46. The molecule has 1 heterocycles. The van der Waals surface area contributed by atoms with Crippen molar-refractivity contribution in [1.29, 1.82) is 0 Å². The fourth-order valence-electron chi connectivity index (χ4n) is 2.53. The summed E-state index contributed by atoms with van der Waals surface area (Å²) < 4.78 is 10.4. The van der Waals surface area contributed by atoms with Crippen LogP contribution < -0.4 is 9.47 Å².